The second-order valence-corrected chi connectivity index (χ2v) is 4.46. The molecule has 1 fully saturated rings. The molecule has 1 aromatic rings. The van der Waals surface area contributed by atoms with Gasteiger partial charge in [-0.3, -0.25) is 4.68 Å². The third kappa shape index (κ3) is 2.62. The minimum absolute atomic E-state index is 0.388. The Bertz CT molecular complexity index is 318. The zero-order valence-corrected chi connectivity index (χ0v) is 10.1. The molecule has 4 heteroatoms. The number of nitrogens with zero attached hydrogens (tertiary/aromatic N) is 2. The molecule has 1 aliphatic rings. The Morgan fingerprint density at radius 2 is 2.56 bits per heavy atom. The molecule has 0 saturated carbocycles. The van der Waals surface area contributed by atoms with Gasteiger partial charge in [0.15, 0.2) is 0 Å². The van der Waals surface area contributed by atoms with Crippen LogP contribution in [0, 0.1) is 5.92 Å². The lowest BCUT2D eigenvalue weighted by Crippen LogP contribution is -2.33. The molecule has 0 amide bonds. The van der Waals surface area contributed by atoms with Gasteiger partial charge in [0.1, 0.15) is 0 Å². The van der Waals surface area contributed by atoms with Crippen LogP contribution in [0.25, 0.3) is 0 Å². The summed E-state index contributed by atoms with van der Waals surface area (Å²) in [5, 5.41) is 7.80. The van der Waals surface area contributed by atoms with Gasteiger partial charge in [0.25, 0.3) is 0 Å². The Morgan fingerprint density at radius 3 is 3.12 bits per heavy atom. The Labute approximate surface area is 97.0 Å². The Morgan fingerprint density at radius 1 is 1.69 bits per heavy atom. The molecule has 0 aromatic carbocycles. The summed E-state index contributed by atoms with van der Waals surface area (Å²) in [6.07, 6.45) is 6.48. The van der Waals surface area contributed by atoms with Gasteiger partial charge in [-0.2, -0.15) is 5.10 Å². The van der Waals surface area contributed by atoms with Crippen LogP contribution in [-0.2, 0) is 11.8 Å². The van der Waals surface area contributed by atoms with Gasteiger partial charge in [0, 0.05) is 37.4 Å². The molecule has 2 rings (SSSR count). The number of rotatable bonds is 4. The lowest BCUT2D eigenvalue weighted by molar-refractivity contribution is 0.0392. The van der Waals surface area contributed by atoms with Crippen molar-refractivity contribution in [1.29, 1.82) is 0 Å². The number of ether oxygens (including phenoxy) is 1. The molecule has 4 nitrogen and oxygen atoms in total. The highest BCUT2D eigenvalue weighted by Gasteiger charge is 2.25. The summed E-state index contributed by atoms with van der Waals surface area (Å²) in [6.45, 7) is 4.91. The molecule has 0 spiro atoms. The summed E-state index contributed by atoms with van der Waals surface area (Å²) in [7, 11) is 1.96. The summed E-state index contributed by atoms with van der Waals surface area (Å²) in [5.74, 6) is 0.581. The predicted molar refractivity (Wildman–Crippen MR) is 63.2 cm³/mol. The number of hydrogen-bond acceptors (Lipinski definition) is 3. The van der Waals surface area contributed by atoms with Gasteiger partial charge in [-0.15, -0.1) is 0 Å². The van der Waals surface area contributed by atoms with Crippen LogP contribution in [0.15, 0.2) is 12.4 Å². The van der Waals surface area contributed by atoms with Gasteiger partial charge in [0.05, 0.1) is 12.8 Å². The van der Waals surface area contributed by atoms with E-state index in [1.807, 2.05) is 17.9 Å². The van der Waals surface area contributed by atoms with E-state index in [0.717, 1.165) is 19.8 Å². The van der Waals surface area contributed by atoms with E-state index >= 15 is 0 Å². The van der Waals surface area contributed by atoms with Crippen LogP contribution in [0.4, 0.5) is 0 Å². The summed E-state index contributed by atoms with van der Waals surface area (Å²) in [6, 6.07) is 0.388. The van der Waals surface area contributed by atoms with Gasteiger partial charge >= 0.3 is 0 Å². The van der Waals surface area contributed by atoms with E-state index in [2.05, 4.69) is 23.5 Å². The van der Waals surface area contributed by atoms with E-state index in [1.165, 1.54) is 18.4 Å². The lowest BCUT2D eigenvalue weighted by Gasteiger charge is -2.30. The molecule has 1 saturated heterocycles. The van der Waals surface area contributed by atoms with Crippen LogP contribution in [0.3, 0.4) is 0 Å². The molecule has 0 radical (unpaired) electrons. The largest absolute Gasteiger partial charge is 0.381 e. The predicted octanol–water partition coefficient (Wildman–Crippen LogP) is 1.50. The molecule has 90 valence electrons. The van der Waals surface area contributed by atoms with Crippen LogP contribution in [0.5, 0.6) is 0 Å². The maximum atomic E-state index is 5.57. The highest BCUT2D eigenvalue weighted by Crippen LogP contribution is 2.28. The van der Waals surface area contributed by atoms with Crippen LogP contribution >= 0.6 is 0 Å². The van der Waals surface area contributed by atoms with E-state index in [9.17, 15) is 0 Å². The lowest BCUT2D eigenvalue weighted by atomic mass is 9.90. The van der Waals surface area contributed by atoms with Crippen molar-refractivity contribution in [3.05, 3.63) is 18.0 Å². The van der Waals surface area contributed by atoms with Crippen molar-refractivity contribution in [3.8, 4) is 0 Å². The van der Waals surface area contributed by atoms with E-state index < -0.39 is 0 Å². The summed E-state index contributed by atoms with van der Waals surface area (Å²) in [5.41, 5.74) is 1.28. The second kappa shape index (κ2) is 5.46. The van der Waals surface area contributed by atoms with Crippen molar-refractivity contribution in [3.63, 3.8) is 0 Å². The number of hydrogen-bond donors (Lipinski definition) is 1. The highest BCUT2D eigenvalue weighted by molar-refractivity contribution is 5.12. The fourth-order valence-corrected chi connectivity index (χ4v) is 2.41. The maximum absolute atomic E-state index is 5.57. The molecule has 2 heterocycles. The molecular weight excluding hydrogens is 202 g/mol. The number of nitrogens with one attached hydrogen (secondary N) is 1. The molecule has 1 N–H and O–H groups in total. The van der Waals surface area contributed by atoms with Crippen LogP contribution < -0.4 is 5.32 Å². The van der Waals surface area contributed by atoms with E-state index in [1.54, 1.807) is 0 Å². The van der Waals surface area contributed by atoms with Crippen molar-refractivity contribution in [1.82, 2.24) is 15.1 Å². The fraction of sp³-hybridized carbons (Fsp3) is 0.750. The molecular formula is C12H21N3O. The zero-order valence-electron chi connectivity index (χ0n) is 10.1. The number of aryl methyl sites for hydroxylation is 1. The topological polar surface area (TPSA) is 39.1 Å². The molecule has 2 unspecified atom stereocenters. The smallest absolute Gasteiger partial charge is 0.0537 e. The summed E-state index contributed by atoms with van der Waals surface area (Å²) >= 11 is 0. The normalized spacial score (nSPS) is 23.2. The van der Waals surface area contributed by atoms with Gasteiger partial charge in [-0.05, 0) is 19.4 Å². The van der Waals surface area contributed by atoms with Crippen LogP contribution in [0.1, 0.15) is 31.4 Å². The first-order valence-corrected chi connectivity index (χ1v) is 6.11. The third-order valence-electron chi connectivity index (χ3n) is 3.17. The van der Waals surface area contributed by atoms with E-state index in [4.69, 9.17) is 4.74 Å². The Balaban J connectivity index is 2.09. The first-order valence-electron chi connectivity index (χ1n) is 6.11. The molecule has 0 bridgehead atoms. The molecule has 0 aliphatic carbocycles. The Kier molecular flexibility index (Phi) is 3.96. The molecule has 1 aromatic heterocycles. The average Bonchev–Trinajstić information content (AvgIpc) is 2.74. The van der Waals surface area contributed by atoms with Crippen molar-refractivity contribution >= 4 is 0 Å². The van der Waals surface area contributed by atoms with Gasteiger partial charge in [-0.25, -0.2) is 0 Å². The minimum atomic E-state index is 0.388. The van der Waals surface area contributed by atoms with Gasteiger partial charge in [0.2, 0.25) is 0 Å². The second-order valence-electron chi connectivity index (χ2n) is 4.46. The van der Waals surface area contributed by atoms with Crippen LogP contribution in [0.2, 0.25) is 0 Å². The monoisotopic (exact) mass is 223 g/mol. The minimum Gasteiger partial charge on any atom is -0.381 e. The van der Waals surface area contributed by atoms with Gasteiger partial charge < -0.3 is 10.1 Å². The van der Waals surface area contributed by atoms with Crippen molar-refractivity contribution in [2.75, 3.05) is 19.8 Å². The third-order valence-corrected chi connectivity index (χ3v) is 3.17. The zero-order chi connectivity index (χ0) is 11.4. The first kappa shape index (κ1) is 11.6. The maximum Gasteiger partial charge on any atom is 0.0537 e. The quantitative estimate of drug-likeness (QED) is 0.840. The SMILES string of the molecule is CCNC(c1cnn(C)c1)C1CCCOC1. The fourth-order valence-electron chi connectivity index (χ4n) is 2.41. The highest BCUT2D eigenvalue weighted by atomic mass is 16.5. The summed E-state index contributed by atoms with van der Waals surface area (Å²) in [4.78, 5) is 0. The Hall–Kier alpha value is -0.870. The molecule has 1 aliphatic heterocycles. The average molecular weight is 223 g/mol. The van der Waals surface area contributed by atoms with E-state index in [0.29, 0.717) is 12.0 Å². The van der Waals surface area contributed by atoms with Crippen LogP contribution in [-0.4, -0.2) is 29.5 Å². The first-order chi connectivity index (χ1) is 7.81. The molecule has 16 heavy (non-hydrogen) atoms. The standard InChI is InChI=1S/C12H21N3O/c1-3-13-12(10-5-4-6-16-9-10)11-7-14-15(2)8-11/h7-8,10,12-13H,3-6,9H2,1-2H3. The van der Waals surface area contributed by atoms with Gasteiger partial charge in [-0.1, -0.05) is 6.92 Å². The van der Waals surface area contributed by atoms with E-state index in [-0.39, 0.29) is 0 Å². The van der Waals surface area contributed by atoms with Crippen molar-refractivity contribution in [2.24, 2.45) is 13.0 Å². The number of aromatic nitrogens is 2. The van der Waals surface area contributed by atoms with Crippen molar-refractivity contribution in [2.45, 2.75) is 25.8 Å². The van der Waals surface area contributed by atoms with Crippen molar-refractivity contribution < 1.29 is 4.74 Å². The molecule has 2 atom stereocenters. The summed E-state index contributed by atoms with van der Waals surface area (Å²) < 4.78 is 7.43.